The Morgan fingerprint density at radius 3 is 2.88 bits per heavy atom. The molecular weight excluding hydrogens is 348 g/mol. The molecule has 0 amide bonds. The van der Waals surface area contributed by atoms with Gasteiger partial charge in [-0.05, 0) is 30.5 Å². The highest BCUT2D eigenvalue weighted by molar-refractivity contribution is 7.98. The summed E-state index contributed by atoms with van der Waals surface area (Å²) in [6.07, 6.45) is 5.52. The molecule has 1 aromatic carbocycles. The number of rotatable bonds is 2. The van der Waals surface area contributed by atoms with Crippen molar-refractivity contribution in [3.63, 3.8) is 0 Å². The highest BCUT2D eigenvalue weighted by atomic mass is 32.2. The topological polar surface area (TPSA) is 77.7 Å². The number of fused-ring (bicyclic) bond motifs is 4. The minimum Gasteiger partial charge on any atom is -0.508 e. The second-order valence-electron chi connectivity index (χ2n) is 5.90. The van der Waals surface area contributed by atoms with Crippen LogP contribution >= 0.6 is 11.8 Å². The number of thioether (sulfide) groups is 1. The number of phenolic OH excluding ortho intramolecular Hbond substituents is 1. The molecule has 0 fully saturated rings. The van der Waals surface area contributed by atoms with Crippen molar-refractivity contribution in [2.75, 3.05) is 11.3 Å². The molecule has 1 N–H and O–H groups in total. The van der Waals surface area contributed by atoms with Gasteiger partial charge in [0.25, 0.3) is 0 Å². The van der Waals surface area contributed by atoms with Crippen molar-refractivity contribution in [3.8, 4) is 5.75 Å². The van der Waals surface area contributed by atoms with Crippen LogP contribution in [-0.4, -0.2) is 37.2 Å². The Morgan fingerprint density at radius 1 is 1.15 bits per heavy atom. The van der Waals surface area contributed by atoms with Crippen LogP contribution < -0.4 is 5.01 Å². The number of benzene rings is 1. The van der Waals surface area contributed by atoms with Crippen LogP contribution in [0.25, 0.3) is 0 Å². The molecule has 26 heavy (non-hydrogen) atoms. The minimum atomic E-state index is 0.201. The van der Waals surface area contributed by atoms with Crippen LogP contribution in [0.4, 0.5) is 17.3 Å². The molecule has 2 aliphatic rings. The third kappa shape index (κ3) is 2.22. The number of hydrazine groups is 1. The highest BCUT2D eigenvalue weighted by Gasteiger charge is 2.37. The number of aromatic hydroxyl groups is 1. The van der Waals surface area contributed by atoms with E-state index in [0.29, 0.717) is 17.5 Å². The monoisotopic (exact) mass is 362 g/mol. The van der Waals surface area contributed by atoms with Crippen LogP contribution in [-0.2, 0) is 6.54 Å². The van der Waals surface area contributed by atoms with Gasteiger partial charge in [-0.3, -0.25) is 5.01 Å². The summed E-state index contributed by atoms with van der Waals surface area (Å²) < 4.78 is 0. The zero-order chi connectivity index (χ0) is 17.7. The molecule has 0 atom stereocenters. The van der Waals surface area contributed by atoms with E-state index in [1.165, 1.54) is 11.8 Å². The summed E-state index contributed by atoms with van der Waals surface area (Å²) in [4.78, 5) is 18.2. The van der Waals surface area contributed by atoms with Crippen molar-refractivity contribution in [1.29, 1.82) is 0 Å². The van der Waals surface area contributed by atoms with E-state index >= 15 is 0 Å². The van der Waals surface area contributed by atoms with E-state index in [1.54, 1.807) is 18.3 Å². The first-order chi connectivity index (χ1) is 12.7. The SMILES string of the molecule is CSc1ncc2c(n1)N=C1c3ccc(O)cc3N(c3ccccn3)N1C2. The molecule has 4 heterocycles. The molecule has 2 aromatic heterocycles. The summed E-state index contributed by atoms with van der Waals surface area (Å²) in [6.45, 7) is 0.578. The highest BCUT2D eigenvalue weighted by Crippen LogP contribution is 2.42. The van der Waals surface area contributed by atoms with Gasteiger partial charge in [-0.15, -0.1) is 0 Å². The van der Waals surface area contributed by atoms with Gasteiger partial charge in [0, 0.05) is 29.6 Å². The fraction of sp³-hybridized carbons (Fsp3) is 0.111. The Hall–Kier alpha value is -3.13. The molecule has 0 unspecified atom stereocenters. The number of amidine groups is 1. The molecule has 0 saturated heterocycles. The van der Waals surface area contributed by atoms with Crippen molar-refractivity contribution in [2.24, 2.45) is 4.99 Å². The molecule has 7 nitrogen and oxygen atoms in total. The normalized spacial score (nSPS) is 14.6. The van der Waals surface area contributed by atoms with E-state index in [1.807, 2.05) is 46.7 Å². The molecule has 128 valence electrons. The van der Waals surface area contributed by atoms with Gasteiger partial charge in [-0.1, -0.05) is 17.8 Å². The van der Waals surface area contributed by atoms with E-state index in [4.69, 9.17) is 4.99 Å². The van der Waals surface area contributed by atoms with Gasteiger partial charge in [0.1, 0.15) is 5.75 Å². The van der Waals surface area contributed by atoms with E-state index in [9.17, 15) is 5.11 Å². The predicted octanol–water partition coefficient (Wildman–Crippen LogP) is 3.26. The van der Waals surface area contributed by atoms with Crippen LogP contribution in [0.5, 0.6) is 5.75 Å². The molecule has 0 aliphatic carbocycles. The molecule has 3 aromatic rings. The average molecular weight is 362 g/mol. The summed E-state index contributed by atoms with van der Waals surface area (Å²) in [5.74, 6) is 2.45. The minimum absolute atomic E-state index is 0.201. The maximum atomic E-state index is 10.0. The largest absolute Gasteiger partial charge is 0.508 e. The Bertz CT molecular complexity index is 1040. The number of phenols is 1. The van der Waals surface area contributed by atoms with Crippen molar-refractivity contribution < 1.29 is 5.11 Å². The number of hydrogen-bond donors (Lipinski definition) is 1. The number of hydrogen-bond acceptors (Lipinski definition) is 8. The van der Waals surface area contributed by atoms with Gasteiger partial charge in [0.15, 0.2) is 22.6 Å². The first-order valence-corrected chi connectivity index (χ1v) is 9.27. The molecular formula is C18H14N6OS. The van der Waals surface area contributed by atoms with Gasteiger partial charge < -0.3 is 5.11 Å². The lowest BCUT2D eigenvalue weighted by atomic mass is 10.1. The van der Waals surface area contributed by atoms with Crippen molar-refractivity contribution in [1.82, 2.24) is 20.0 Å². The molecule has 2 aliphatic heterocycles. The maximum absolute atomic E-state index is 10.0. The average Bonchev–Trinajstić information content (AvgIpc) is 2.98. The molecule has 0 saturated carbocycles. The van der Waals surface area contributed by atoms with E-state index in [0.717, 1.165) is 28.5 Å². The third-order valence-electron chi connectivity index (χ3n) is 4.34. The molecule has 5 rings (SSSR count). The van der Waals surface area contributed by atoms with Crippen LogP contribution in [0.2, 0.25) is 0 Å². The van der Waals surface area contributed by atoms with E-state index in [2.05, 4.69) is 15.0 Å². The van der Waals surface area contributed by atoms with Crippen molar-refractivity contribution >= 4 is 34.9 Å². The number of anilines is 2. The van der Waals surface area contributed by atoms with Crippen LogP contribution in [0.1, 0.15) is 11.1 Å². The summed E-state index contributed by atoms with van der Waals surface area (Å²) in [5, 5.41) is 14.7. The number of aliphatic imine (C=N–C) groups is 1. The lowest BCUT2D eigenvalue weighted by Gasteiger charge is -2.32. The standard InChI is InChI=1S/C18H14N6OS/c1-26-18-20-9-11-10-23-17(21-16(11)22-18)13-6-5-12(25)8-14(13)24(23)15-4-2-3-7-19-15/h2-9,25H,10H2,1H3. The van der Waals surface area contributed by atoms with Crippen molar-refractivity contribution in [3.05, 3.63) is 59.9 Å². The molecule has 0 bridgehead atoms. The first-order valence-electron chi connectivity index (χ1n) is 8.05. The zero-order valence-corrected chi connectivity index (χ0v) is 14.7. The van der Waals surface area contributed by atoms with Crippen LogP contribution in [0, 0.1) is 0 Å². The summed E-state index contributed by atoms with van der Waals surface area (Å²) in [6, 6.07) is 11.0. The van der Waals surface area contributed by atoms with Crippen LogP contribution in [0.3, 0.4) is 0 Å². The second kappa shape index (κ2) is 5.70. The van der Waals surface area contributed by atoms with E-state index < -0.39 is 0 Å². The maximum Gasteiger partial charge on any atom is 0.189 e. The molecule has 8 heteroatoms. The second-order valence-corrected chi connectivity index (χ2v) is 6.67. The van der Waals surface area contributed by atoms with E-state index in [-0.39, 0.29) is 5.75 Å². The number of aromatic nitrogens is 3. The lowest BCUT2D eigenvalue weighted by Crippen LogP contribution is -2.39. The summed E-state index contributed by atoms with van der Waals surface area (Å²) in [7, 11) is 0. The quantitative estimate of drug-likeness (QED) is 0.554. The first kappa shape index (κ1) is 15.2. The fourth-order valence-electron chi connectivity index (χ4n) is 3.19. The predicted molar refractivity (Wildman–Crippen MR) is 100 cm³/mol. The molecule has 0 spiro atoms. The fourth-order valence-corrected chi connectivity index (χ4v) is 3.52. The third-order valence-corrected chi connectivity index (χ3v) is 4.90. The van der Waals surface area contributed by atoms with Crippen LogP contribution in [0.15, 0.2) is 58.9 Å². The molecule has 0 radical (unpaired) electrons. The Kier molecular flexibility index (Phi) is 3.32. The van der Waals surface area contributed by atoms with Crippen molar-refractivity contribution in [2.45, 2.75) is 11.7 Å². The van der Waals surface area contributed by atoms with Gasteiger partial charge >= 0.3 is 0 Å². The van der Waals surface area contributed by atoms with Gasteiger partial charge in [-0.25, -0.2) is 25.0 Å². The Labute approximate surface area is 154 Å². The van der Waals surface area contributed by atoms with Gasteiger partial charge in [-0.2, -0.15) is 0 Å². The number of pyridine rings is 1. The number of nitrogens with zero attached hydrogens (tertiary/aromatic N) is 6. The lowest BCUT2D eigenvalue weighted by molar-refractivity contribution is 0.423. The van der Waals surface area contributed by atoms with Gasteiger partial charge in [0.2, 0.25) is 0 Å². The summed E-state index contributed by atoms with van der Waals surface area (Å²) >= 11 is 1.49. The van der Waals surface area contributed by atoms with Gasteiger partial charge in [0.05, 0.1) is 12.2 Å². The Balaban J connectivity index is 1.71. The zero-order valence-electron chi connectivity index (χ0n) is 13.9. The smallest absolute Gasteiger partial charge is 0.189 e. The summed E-state index contributed by atoms with van der Waals surface area (Å²) in [5.41, 5.74) is 2.72. The Morgan fingerprint density at radius 2 is 2.08 bits per heavy atom.